The van der Waals surface area contributed by atoms with E-state index in [2.05, 4.69) is 15.5 Å². The quantitative estimate of drug-likeness (QED) is 0.653. The molecular weight excluding hydrogens is 373 g/mol. The third kappa shape index (κ3) is 4.06. The standard InChI is InChI=1S/C19H17Cl2N3O2/c1-11(2)16(22-18(25)13-8-9-14(20)15(21)10-13)19-23-17(24-26-19)12-6-4-3-5-7-12/h3-11,16H,1-2H3,(H,22,25). The molecule has 1 N–H and O–H groups in total. The molecule has 7 heteroatoms. The van der Waals surface area contributed by atoms with Gasteiger partial charge in [0.1, 0.15) is 6.04 Å². The van der Waals surface area contributed by atoms with Crippen molar-refractivity contribution in [1.82, 2.24) is 15.5 Å². The molecule has 0 radical (unpaired) electrons. The number of carbonyl (C=O) groups excluding carboxylic acids is 1. The molecule has 0 saturated heterocycles. The smallest absolute Gasteiger partial charge is 0.251 e. The minimum atomic E-state index is -0.429. The summed E-state index contributed by atoms with van der Waals surface area (Å²) in [5.41, 5.74) is 1.26. The fraction of sp³-hybridized carbons (Fsp3) is 0.211. The number of halogens is 2. The Bertz CT molecular complexity index is 910. The van der Waals surface area contributed by atoms with Gasteiger partial charge in [0, 0.05) is 11.1 Å². The van der Waals surface area contributed by atoms with E-state index in [1.807, 2.05) is 44.2 Å². The van der Waals surface area contributed by atoms with Crippen LogP contribution in [0.25, 0.3) is 11.4 Å². The Labute approximate surface area is 161 Å². The second-order valence-corrected chi connectivity index (χ2v) is 6.96. The maximum atomic E-state index is 12.6. The van der Waals surface area contributed by atoms with E-state index in [0.717, 1.165) is 5.56 Å². The van der Waals surface area contributed by atoms with Crippen LogP contribution in [0.1, 0.15) is 36.1 Å². The van der Waals surface area contributed by atoms with Gasteiger partial charge in [-0.05, 0) is 24.1 Å². The van der Waals surface area contributed by atoms with E-state index in [0.29, 0.717) is 27.3 Å². The summed E-state index contributed by atoms with van der Waals surface area (Å²) in [6.07, 6.45) is 0. The van der Waals surface area contributed by atoms with Crippen molar-refractivity contribution < 1.29 is 9.32 Å². The fourth-order valence-corrected chi connectivity index (χ4v) is 2.74. The van der Waals surface area contributed by atoms with Gasteiger partial charge in [-0.3, -0.25) is 4.79 Å². The molecular formula is C19H17Cl2N3O2. The van der Waals surface area contributed by atoms with Crippen LogP contribution >= 0.6 is 23.2 Å². The summed E-state index contributed by atoms with van der Waals surface area (Å²) >= 11 is 11.9. The molecule has 1 heterocycles. The largest absolute Gasteiger partial charge is 0.340 e. The van der Waals surface area contributed by atoms with E-state index in [1.54, 1.807) is 12.1 Å². The molecule has 3 rings (SSSR count). The fourth-order valence-electron chi connectivity index (χ4n) is 2.44. The van der Waals surface area contributed by atoms with Gasteiger partial charge < -0.3 is 9.84 Å². The van der Waals surface area contributed by atoms with Gasteiger partial charge >= 0.3 is 0 Å². The van der Waals surface area contributed by atoms with Crippen LogP contribution in [0.15, 0.2) is 53.1 Å². The summed E-state index contributed by atoms with van der Waals surface area (Å²) in [5.74, 6) is 0.592. The first-order valence-electron chi connectivity index (χ1n) is 8.10. The van der Waals surface area contributed by atoms with E-state index in [-0.39, 0.29) is 11.8 Å². The van der Waals surface area contributed by atoms with Crippen LogP contribution < -0.4 is 5.32 Å². The van der Waals surface area contributed by atoms with Gasteiger partial charge in [-0.25, -0.2) is 0 Å². The van der Waals surface area contributed by atoms with E-state index < -0.39 is 6.04 Å². The number of nitrogens with one attached hydrogen (secondary N) is 1. The first-order chi connectivity index (χ1) is 12.5. The SMILES string of the molecule is CC(C)C(NC(=O)c1ccc(Cl)c(Cl)c1)c1nc(-c2ccccc2)no1. The first-order valence-corrected chi connectivity index (χ1v) is 8.86. The molecule has 1 aromatic heterocycles. The number of aromatic nitrogens is 2. The zero-order valence-corrected chi connectivity index (χ0v) is 15.8. The number of rotatable bonds is 5. The minimum Gasteiger partial charge on any atom is -0.340 e. The average molecular weight is 390 g/mol. The van der Waals surface area contributed by atoms with Crippen LogP contribution in [0, 0.1) is 5.92 Å². The lowest BCUT2D eigenvalue weighted by Crippen LogP contribution is -2.32. The summed E-state index contributed by atoms with van der Waals surface area (Å²) in [7, 11) is 0. The Morgan fingerprint density at radius 3 is 2.46 bits per heavy atom. The van der Waals surface area contributed by atoms with Crippen molar-refractivity contribution in [1.29, 1.82) is 0 Å². The number of benzene rings is 2. The molecule has 0 saturated carbocycles. The molecule has 1 amide bonds. The highest BCUT2D eigenvalue weighted by Crippen LogP contribution is 2.26. The highest BCUT2D eigenvalue weighted by Gasteiger charge is 2.25. The van der Waals surface area contributed by atoms with E-state index in [1.165, 1.54) is 6.07 Å². The normalized spacial score (nSPS) is 12.2. The highest BCUT2D eigenvalue weighted by molar-refractivity contribution is 6.42. The van der Waals surface area contributed by atoms with Gasteiger partial charge in [0.05, 0.1) is 10.0 Å². The van der Waals surface area contributed by atoms with Crippen molar-refractivity contribution in [3.05, 3.63) is 70.0 Å². The molecule has 2 aromatic carbocycles. The predicted molar refractivity (Wildman–Crippen MR) is 101 cm³/mol. The van der Waals surface area contributed by atoms with Crippen LogP contribution in [0.3, 0.4) is 0 Å². The van der Waals surface area contributed by atoms with Gasteiger partial charge in [-0.2, -0.15) is 4.98 Å². The van der Waals surface area contributed by atoms with Crippen molar-refractivity contribution in [2.24, 2.45) is 5.92 Å². The Morgan fingerprint density at radius 1 is 1.08 bits per heavy atom. The van der Waals surface area contributed by atoms with E-state index in [9.17, 15) is 4.79 Å². The third-order valence-electron chi connectivity index (χ3n) is 3.87. The zero-order valence-electron chi connectivity index (χ0n) is 14.2. The van der Waals surface area contributed by atoms with Crippen molar-refractivity contribution in [2.75, 3.05) is 0 Å². The molecule has 1 unspecified atom stereocenters. The van der Waals surface area contributed by atoms with Crippen molar-refractivity contribution in [3.8, 4) is 11.4 Å². The van der Waals surface area contributed by atoms with Crippen LogP contribution in [-0.2, 0) is 0 Å². The number of hydrogen-bond donors (Lipinski definition) is 1. The number of hydrogen-bond acceptors (Lipinski definition) is 4. The Morgan fingerprint density at radius 2 is 1.81 bits per heavy atom. The van der Waals surface area contributed by atoms with Crippen molar-refractivity contribution >= 4 is 29.1 Å². The molecule has 0 spiro atoms. The number of nitrogens with zero attached hydrogens (tertiary/aromatic N) is 2. The Balaban J connectivity index is 1.82. The molecule has 0 fully saturated rings. The van der Waals surface area contributed by atoms with Crippen LogP contribution in [-0.4, -0.2) is 16.0 Å². The summed E-state index contributed by atoms with van der Waals surface area (Å²) in [6, 6.07) is 13.8. The average Bonchev–Trinajstić information content (AvgIpc) is 3.12. The summed E-state index contributed by atoms with van der Waals surface area (Å²) in [5, 5.41) is 7.66. The molecule has 0 bridgehead atoms. The maximum absolute atomic E-state index is 12.6. The molecule has 0 aliphatic carbocycles. The lowest BCUT2D eigenvalue weighted by atomic mass is 10.0. The second-order valence-electron chi connectivity index (χ2n) is 6.15. The van der Waals surface area contributed by atoms with E-state index >= 15 is 0 Å². The van der Waals surface area contributed by atoms with E-state index in [4.69, 9.17) is 27.7 Å². The number of carbonyl (C=O) groups is 1. The molecule has 0 aliphatic heterocycles. The molecule has 3 aromatic rings. The zero-order chi connectivity index (χ0) is 18.7. The highest BCUT2D eigenvalue weighted by atomic mass is 35.5. The van der Waals surface area contributed by atoms with Crippen LogP contribution in [0.5, 0.6) is 0 Å². The molecule has 26 heavy (non-hydrogen) atoms. The molecule has 0 aliphatic rings. The molecule has 1 atom stereocenters. The summed E-state index contributed by atoms with van der Waals surface area (Å²) < 4.78 is 5.40. The van der Waals surface area contributed by atoms with Crippen molar-refractivity contribution in [3.63, 3.8) is 0 Å². The van der Waals surface area contributed by atoms with Gasteiger partial charge in [0.15, 0.2) is 0 Å². The Hall–Kier alpha value is -2.37. The van der Waals surface area contributed by atoms with Crippen LogP contribution in [0.2, 0.25) is 10.0 Å². The lowest BCUT2D eigenvalue weighted by Gasteiger charge is -2.18. The lowest BCUT2D eigenvalue weighted by molar-refractivity contribution is 0.0914. The van der Waals surface area contributed by atoms with Gasteiger partial charge in [-0.15, -0.1) is 0 Å². The van der Waals surface area contributed by atoms with Gasteiger partial charge in [0.2, 0.25) is 11.7 Å². The predicted octanol–water partition coefficient (Wildman–Crippen LogP) is 5.17. The van der Waals surface area contributed by atoms with Crippen LogP contribution in [0.4, 0.5) is 0 Å². The first kappa shape index (κ1) is 18.4. The van der Waals surface area contributed by atoms with Gasteiger partial charge in [-0.1, -0.05) is 72.5 Å². The number of amides is 1. The molecule has 5 nitrogen and oxygen atoms in total. The third-order valence-corrected chi connectivity index (χ3v) is 4.61. The second kappa shape index (κ2) is 7.89. The van der Waals surface area contributed by atoms with Crippen molar-refractivity contribution in [2.45, 2.75) is 19.9 Å². The topological polar surface area (TPSA) is 68.0 Å². The Kier molecular flexibility index (Phi) is 5.59. The van der Waals surface area contributed by atoms with Gasteiger partial charge in [0.25, 0.3) is 5.91 Å². The minimum absolute atomic E-state index is 0.0470. The molecule has 134 valence electrons. The summed E-state index contributed by atoms with van der Waals surface area (Å²) in [4.78, 5) is 17.0. The monoisotopic (exact) mass is 389 g/mol. The maximum Gasteiger partial charge on any atom is 0.251 e. The summed E-state index contributed by atoms with van der Waals surface area (Å²) in [6.45, 7) is 3.93.